The van der Waals surface area contributed by atoms with Gasteiger partial charge in [-0.15, -0.1) is 0 Å². The van der Waals surface area contributed by atoms with Crippen molar-refractivity contribution in [1.29, 1.82) is 5.26 Å². The smallest absolute Gasteiger partial charge is 0.408 e. The molecule has 188 valence electrons. The van der Waals surface area contributed by atoms with Gasteiger partial charge in [-0.3, -0.25) is 9.59 Å². The van der Waals surface area contributed by atoms with Crippen molar-refractivity contribution in [2.75, 3.05) is 13.1 Å². The van der Waals surface area contributed by atoms with Crippen molar-refractivity contribution in [3.63, 3.8) is 0 Å². The maximum absolute atomic E-state index is 13.7. The largest absolute Gasteiger partial charge is 0.444 e. The third-order valence-corrected chi connectivity index (χ3v) is 5.00. The van der Waals surface area contributed by atoms with E-state index < -0.39 is 29.7 Å². The molecule has 8 heteroatoms. The zero-order chi connectivity index (χ0) is 25.9. The number of rotatable bonds is 11. The highest BCUT2D eigenvalue weighted by Crippen LogP contribution is 2.24. The highest BCUT2D eigenvalue weighted by Gasteiger charge is 2.36. The number of hydrogen-bond acceptors (Lipinski definition) is 5. The van der Waals surface area contributed by atoms with Gasteiger partial charge in [0.1, 0.15) is 24.2 Å². The number of ether oxygens (including phenoxy) is 1. The lowest BCUT2D eigenvalue weighted by atomic mass is 9.98. The molecule has 0 fully saturated rings. The molecule has 0 aromatic heterocycles. The minimum atomic E-state index is -1.00. The first-order valence-electron chi connectivity index (χ1n) is 11.9. The Morgan fingerprint density at radius 3 is 2.26 bits per heavy atom. The molecule has 0 spiro atoms. The van der Waals surface area contributed by atoms with Gasteiger partial charge < -0.3 is 20.3 Å². The number of carbonyl (C=O) groups excluding carboxylic acids is 3. The molecule has 0 saturated heterocycles. The molecular formula is C26H40N4O4. The third kappa shape index (κ3) is 9.82. The summed E-state index contributed by atoms with van der Waals surface area (Å²) in [5, 5.41) is 15.1. The van der Waals surface area contributed by atoms with E-state index in [9.17, 15) is 19.6 Å². The van der Waals surface area contributed by atoms with Crippen molar-refractivity contribution in [3.05, 3.63) is 35.4 Å². The van der Waals surface area contributed by atoms with Crippen LogP contribution in [0.4, 0.5) is 4.79 Å². The Morgan fingerprint density at radius 1 is 1.15 bits per heavy atom. The fourth-order valence-corrected chi connectivity index (χ4v) is 3.42. The summed E-state index contributed by atoms with van der Waals surface area (Å²) >= 11 is 0. The molecule has 2 N–H and O–H groups in total. The van der Waals surface area contributed by atoms with Crippen LogP contribution in [-0.2, 0) is 14.3 Å². The molecule has 1 rings (SSSR count). The number of amides is 3. The molecule has 8 nitrogen and oxygen atoms in total. The van der Waals surface area contributed by atoms with Gasteiger partial charge >= 0.3 is 6.09 Å². The van der Waals surface area contributed by atoms with E-state index in [1.165, 1.54) is 4.90 Å². The summed E-state index contributed by atoms with van der Waals surface area (Å²) in [6, 6.07) is 7.37. The average Bonchev–Trinajstić information content (AvgIpc) is 2.72. The van der Waals surface area contributed by atoms with E-state index in [0.717, 1.165) is 18.4 Å². The summed E-state index contributed by atoms with van der Waals surface area (Å²) in [4.78, 5) is 40.7. The van der Waals surface area contributed by atoms with Crippen LogP contribution in [0.3, 0.4) is 0 Å². The van der Waals surface area contributed by atoms with E-state index in [1.54, 1.807) is 32.9 Å². The SMILES string of the molecule is CCCCNC(=O)C(c1ccc(C)cc1)N(CC#N)C(=O)C(CC(C)C)NC(=O)OC(C)(C)C. The predicted molar refractivity (Wildman–Crippen MR) is 132 cm³/mol. The zero-order valence-electron chi connectivity index (χ0n) is 21.6. The van der Waals surface area contributed by atoms with Crippen molar-refractivity contribution >= 4 is 17.9 Å². The van der Waals surface area contributed by atoms with Crippen LogP contribution in [0.5, 0.6) is 0 Å². The van der Waals surface area contributed by atoms with Gasteiger partial charge in [0.05, 0.1) is 6.07 Å². The number of carbonyl (C=O) groups is 3. The number of nitriles is 1. The first-order valence-corrected chi connectivity index (χ1v) is 11.9. The number of alkyl carbamates (subject to hydrolysis) is 1. The van der Waals surface area contributed by atoms with Gasteiger partial charge in [-0.2, -0.15) is 5.26 Å². The second-order valence-corrected chi connectivity index (χ2v) is 9.91. The molecular weight excluding hydrogens is 432 g/mol. The molecule has 0 heterocycles. The fourth-order valence-electron chi connectivity index (χ4n) is 3.42. The quantitative estimate of drug-likeness (QED) is 0.369. The van der Waals surface area contributed by atoms with Crippen LogP contribution < -0.4 is 10.6 Å². The summed E-state index contributed by atoms with van der Waals surface area (Å²) in [6.45, 7) is 13.2. The van der Waals surface area contributed by atoms with Gasteiger partial charge in [0.2, 0.25) is 11.8 Å². The van der Waals surface area contributed by atoms with E-state index in [0.29, 0.717) is 18.5 Å². The number of nitrogens with one attached hydrogen (secondary N) is 2. The summed E-state index contributed by atoms with van der Waals surface area (Å²) < 4.78 is 5.35. The number of aryl methyl sites for hydroxylation is 1. The van der Waals surface area contributed by atoms with Crippen LogP contribution >= 0.6 is 0 Å². The molecule has 0 aliphatic rings. The molecule has 1 aromatic rings. The van der Waals surface area contributed by atoms with Crippen molar-refractivity contribution in [2.24, 2.45) is 5.92 Å². The molecule has 0 saturated carbocycles. The highest BCUT2D eigenvalue weighted by atomic mass is 16.6. The Bertz CT molecular complexity index is 853. The summed E-state index contributed by atoms with van der Waals surface area (Å²) in [5.74, 6) is -0.789. The first-order chi connectivity index (χ1) is 15.9. The van der Waals surface area contributed by atoms with Crippen LogP contribution in [0.15, 0.2) is 24.3 Å². The van der Waals surface area contributed by atoms with E-state index in [4.69, 9.17) is 4.74 Å². The lowest BCUT2D eigenvalue weighted by Gasteiger charge is -2.33. The molecule has 3 amide bonds. The van der Waals surface area contributed by atoms with Crippen LogP contribution in [0, 0.1) is 24.2 Å². The highest BCUT2D eigenvalue weighted by molar-refractivity contribution is 5.92. The van der Waals surface area contributed by atoms with Crippen LogP contribution in [0.2, 0.25) is 0 Å². The lowest BCUT2D eigenvalue weighted by molar-refractivity contribution is -0.142. The summed E-state index contributed by atoms with van der Waals surface area (Å²) in [6.07, 6.45) is 1.32. The van der Waals surface area contributed by atoms with Crippen molar-refractivity contribution in [1.82, 2.24) is 15.5 Å². The molecule has 2 unspecified atom stereocenters. The monoisotopic (exact) mass is 472 g/mol. The Morgan fingerprint density at radius 2 is 1.76 bits per heavy atom. The average molecular weight is 473 g/mol. The first kappa shape index (κ1) is 29.0. The summed E-state index contributed by atoms with van der Waals surface area (Å²) in [5.41, 5.74) is 0.880. The summed E-state index contributed by atoms with van der Waals surface area (Å²) in [7, 11) is 0. The molecule has 1 aromatic carbocycles. The number of benzene rings is 1. The maximum atomic E-state index is 13.7. The van der Waals surface area contributed by atoms with Gasteiger partial charge in [-0.1, -0.05) is 57.0 Å². The predicted octanol–water partition coefficient (Wildman–Crippen LogP) is 4.24. The van der Waals surface area contributed by atoms with Gasteiger partial charge in [0, 0.05) is 6.54 Å². The number of unbranched alkanes of at least 4 members (excludes halogenated alkanes) is 1. The minimum Gasteiger partial charge on any atom is -0.444 e. The van der Waals surface area contributed by atoms with Gasteiger partial charge in [-0.05, 0) is 52.0 Å². The van der Waals surface area contributed by atoms with Crippen molar-refractivity contribution in [3.8, 4) is 6.07 Å². The van der Waals surface area contributed by atoms with E-state index in [1.807, 2.05) is 45.9 Å². The Balaban J connectivity index is 3.36. The fraction of sp³-hybridized carbons (Fsp3) is 0.615. The lowest BCUT2D eigenvalue weighted by Crippen LogP contribution is -2.53. The topological polar surface area (TPSA) is 112 Å². The van der Waals surface area contributed by atoms with Gasteiger partial charge in [-0.25, -0.2) is 4.79 Å². The molecule has 0 aliphatic carbocycles. The second kappa shape index (κ2) is 13.6. The minimum absolute atomic E-state index is 0.0732. The molecule has 2 atom stereocenters. The second-order valence-electron chi connectivity index (χ2n) is 9.91. The van der Waals surface area contributed by atoms with Gasteiger partial charge in [0.15, 0.2) is 0 Å². The van der Waals surface area contributed by atoms with Crippen molar-refractivity contribution in [2.45, 2.75) is 85.4 Å². The van der Waals surface area contributed by atoms with Gasteiger partial charge in [0.25, 0.3) is 0 Å². The maximum Gasteiger partial charge on any atom is 0.408 e. The molecule has 0 radical (unpaired) electrons. The van der Waals surface area contributed by atoms with E-state index in [-0.39, 0.29) is 18.4 Å². The Kier molecular flexibility index (Phi) is 11.6. The van der Waals surface area contributed by atoms with Crippen LogP contribution in [0.25, 0.3) is 0 Å². The Labute approximate surface area is 204 Å². The Hall–Kier alpha value is -3.08. The number of nitrogens with zero attached hydrogens (tertiary/aromatic N) is 2. The number of hydrogen-bond donors (Lipinski definition) is 2. The van der Waals surface area contributed by atoms with Crippen LogP contribution in [0.1, 0.15) is 78.0 Å². The van der Waals surface area contributed by atoms with Crippen molar-refractivity contribution < 1.29 is 19.1 Å². The van der Waals surface area contributed by atoms with E-state index in [2.05, 4.69) is 10.6 Å². The normalized spacial score (nSPS) is 12.9. The zero-order valence-corrected chi connectivity index (χ0v) is 21.6. The third-order valence-electron chi connectivity index (χ3n) is 5.00. The molecule has 34 heavy (non-hydrogen) atoms. The molecule has 0 bridgehead atoms. The standard InChI is InChI=1S/C26H40N4O4/c1-8-9-15-28-23(31)22(20-12-10-19(4)11-13-20)30(16-14-27)24(32)21(17-18(2)3)29-25(33)34-26(5,6)7/h10-13,18,21-22H,8-9,15-17H2,1-7H3,(H,28,31)(H,29,33). The molecule has 0 aliphatic heterocycles. The van der Waals surface area contributed by atoms with E-state index >= 15 is 0 Å². The van der Waals surface area contributed by atoms with Crippen LogP contribution in [-0.4, -0.2) is 47.5 Å².